The van der Waals surface area contributed by atoms with Crippen LogP contribution in [0.1, 0.15) is 17.6 Å². The molecule has 8 heteroatoms. The standard InChI is InChI=1S/C12H15N5O2S/c1-8-14-12(16-15-8)9-6-17(7-9)11-4-3-10(5-13-11)20(2,18)19/h3-5,9H,6-7H2,1-2H3,(H,14,15,16). The number of rotatable bonds is 3. The van der Waals surface area contributed by atoms with Gasteiger partial charge >= 0.3 is 0 Å². The van der Waals surface area contributed by atoms with Crippen molar-refractivity contribution in [2.24, 2.45) is 0 Å². The average Bonchev–Trinajstić information content (AvgIpc) is 2.73. The second-order valence-corrected chi connectivity index (χ2v) is 7.02. The van der Waals surface area contributed by atoms with E-state index >= 15 is 0 Å². The molecule has 1 fully saturated rings. The molecule has 2 aromatic rings. The molecular weight excluding hydrogens is 278 g/mol. The molecule has 1 aliphatic heterocycles. The van der Waals surface area contributed by atoms with Gasteiger partial charge in [-0.25, -0.2) is 18.4 Å². The van der Waals surface area contributed by atoms with Gasteiger partial charge in [0.1, 0.15) is 11.6 Å². The van der Waals surface area contributed by atoms with Gasteiger partial charge in [0, 0.05) is 25.5 Å². The van der Waals surface area contributed by atoms with E-state index in [0.29, 0.717) is 5.92 Å². The van der Waals surface area contributed by atoms with Gasteiger partial charge in [0.15, 0.2) is 15.7 Å². The van der Waals surface area contributed by atoms with Gasteiger partial charge in [-0.3, -0.25) is 5.10 Å². The third-order valence-electron chi connectivity index (χ3n) is 3.33. The number of aromatic nitrogens is 4. The molecule has 0 unspecified atom stereocenters. The summed E-state index contributed by atoms with van der Waals surface area (Å²) in [5.74, 6) is 2.72. The molecule has 106 valence electrons. The number of sulfone groups is 1. The highest BCUT2D eigenvalue weighted by atomic mass is 32.2. The van der Waals surface area contributed by atoms with E-state index in [2.05, 4.69) is 25.1 Å². The minimum absolute atomic E-state index is 0.239. The van der Waals surface area contributed by atoms with Crippen LogP contribution in [0.4, 0.5) is 5.82 Å². The largest absolute Gasteiger partial charge is 0.355 e. The Kier molecular flexibility index (Phi) is 2.97. The zero-order chi connectivity index (χ0) is 14.3. The van der Waals surface area contributed by atoms with Crippen LogP contribution < -0.4 is 4.90 Å². The van der Waals surface area contributed by atoms with Crippen LogP contribution in [0.25, 0.3) is 0 Å². The zero-order valence-corrected chi connectivity index (χ0v) is 12.1. The van der Waals surface area contributed by atoms with Crippen molar-refractivity contribution in [3.63, 3.8) is 0 Å². The minimum atomic E-state index is -3.19. The van der Waals surface area contributed by atoms with E-state index in [4.69, 9.17) is 0 Å². The molecule has 0 aromatic carbocycles. The molecule has 0 radical (unpaired) electrons. The number of hydrogen-bond donors (Lipinski definition) is 1. The highest BCUT2D eigenvalue weighted by Crippen LogP contribution is 2.28. The summed E-state index contributed by atoms with van der Waals surface area (Å²) in [6.45, 7) is 3.46. The van der Waals surface area contributed by atoms with Crippen LogP contribution in [-0.4, -0.2) is 47.9 Å². The summed E-state index contributed by atoms with van der Waals surface area (Å²) in [6, 6.07) is 3.32. The molecule has 0 spiro atoms. The Hall–Kier alpha value is -1.96. The second-order valence-electron chi connectivity index (χ2n) is 5.01. The first-order chi connectivity index (χ1) is 9.43. The van der Waals surface area contributed by atoms with Crippen LogP contribution in [-0.2, 0) is 9.84 Å². The number of aromatic amines is 1. The molecule has 1 saturated heterocycles. The SMILES string of the molecule is Cc1nc(C2CN(c3ccc(S(C)(=O)=O)cn3)C2)n[nH]1. The van der Waals surface area contributed by atoms with Crippen LogP contribution in [0.15, 0.2) is 23.2 Å². The molecule has 0 atom stereocenters. The molecular formula is C12H15N5O2S. The Labute approximate surface area is 117 Å². The van der Waals surface area contributed by atoms with Gasteiger partial charge in [-0.2, -0.15) is 5.10 Å². The first-order valence-corrected chi connectivity index (χ1v) is 8.12. The average molecular weight is 293 g/mol. The van der Waals surface area contributed by atoms with Crippen LogP contribution in [0.5, 0.6) is 0 Å². The van der Waals surface area contributed by atoms with Crippen molar-refractivity contribution < 1.29 is 8.42 Å². The maximum Gasteiger partial charge on any atom is 0.177 e. The third kappa shape index (κ3) is 2.38. The molecule has 0 saturated carbocycles. The summed E-state index contributed by atoms with van der Waals surface area (Å²) >= 11 is 0. The topological polar surface area (TPSA) is 91.8 Å². The Balaban J connectivity index is 1.68. The monoisotopic (exact) mass is 293 g/mol. The third-order valence-corrected chi connectivity index (χ3v) is 4.43. The fourth-order valence-corrected chi connectivity index (χ4v) is 2.71. The van der Waals surface area contributed by atoms with Gasteiger partial charge in [-0.05, 0) is 19.1 Å². The first-order valence-electron chi connectivity index (χ1n) is 6.23. The summed E-state index contributed by atoms with van der Waals surface area (Å²) < 4.78 is 22.7. The lowest BCUT2D eigenvalue weighted by Gasteiger charge is -2.38. The summed E-state index contributed by atoms with van der Waals surface area (Å²) in [5, 5.41) is 6.98. The van der Waals surface area contributed by atoms with Gasteiger partial charge in [0.05, 0.1) is 10.8 Å². The fourth-order valence-electron chi connectivity index (χ4n) is 2.15. The predicted molar refractivity (Wildman–Crippen MR) is 73.4 cm³/mol. The maximum atomic E-state index is 11.4. The lowest BCUT2D eigenvalue weighted by atomic mass is 9.99. The zero-order valence-electron chi connectivity index (χ0n) is 11.2. The highest BCUT2D eigenvalue weighted by molar-refractivity contribution is 7.90. The second kappa shape index (κ2) is 4.55. The molecule has 20 heavy (non-hydrogen) atoms. The molecule has 0 amide bonds. The summed E-state index contributed by atoms with van der Waals surface area (Å²) in [7, 11) is -3.19. The van der Waals surface area contributed by atoms with Gasteiger partial charge in [0.25, 0.3) is 0 Å². The van der Waals surface area contributed by atoms with Crippen molar-refractivity contribution in [1.29, 1.82) is 0 Å². The van der Waals surface area contributed by atoms with E-state index in [9.17, 15) is 8.42 Å². The number of H-pyrrole nitrogens is 1. The molecule has 0 aliphatic carbocycles. The molecule has 1 aliphatic rings. The minimum Gasteiger partial charge on any atom is -0.355 e. The Morgan fingerprint density at radius 2 is 2.10 bits per heavy atom. The van der Waals surface area contributed by atoms with Crippen molar-refractivity contribution in [1.82, 2.24) is 20.2 Å². The maximum absolute atomic E-state index is 11.4. The van der Waals surface area contributed by atoms with Crippen LogP contribution >= 0.6 is 0 Å². The van der Waals surface area contributed by atoms with Gasteiger partial charge in [0.2, 0.25) is 0 Å². The molecule has 0 bridgehead atoms. The van der Waals surface area contributed by atoms with E-state index in [0.717, 1.165) is 30.6 Å². The Morgan fingerprint density at radius 1 is 1.35 bits per heavy atom. The summed E-state index contributed by atoms with van der Waals surface area (Å²) in [4.78, 5) is 10.8. The molecule has 3 heterocycles. The summed E-state index contributed by atoms with van der Waals surface area (Å²) in [5.41, 5.74) is 0. The van der Waals surface area contributed by atoms with Crippen molar-refractivity contribution in [2.45, 2.75) is 17.7 Å². The van der Waals surface area contributed by atoms with Gasteiger partial charge in [-0.15, -0.1) is 0 Å². The van der Waals surface area contributed by atoms with Gasteiger partial charge in [-0.1, -0.05) is 0 Å². The van der Waals surface area contributed by atoms with Gasteiger partial charge < -0.3 is 4.90 Å². The van der Waals surface area contributed by atoms with Crippen LogP contribution in [0.3, 0.4) is 0 Å². The lowest BCUT2D eigenvalue weighted by Crippen LogP contribution is -2.46. The normalized spacial score (nSPS) is 16.2. The van der Waals surface area contributed by atoms with Crippen molar-refractivity contribution in [3.05, 3.63) is 30.0 Å². The van der Waals surface area contributed by atoms with E-state index in [1.54, 1.807) is 12.1 Å². The highest BCUT2D eigenvalue weighted by Gasteiger charge is 2.31. The van der Waals surface area contributed by atoms with Crippen molar-refractivity contribution >= 4 is 15.7 Å². The summed E-state index contributed by atoms with van der Waals surface area (Å²) in [6.07, 6.45) is 2.57. The van der Waals surface area contributed by atoms with E-state index < -0.39 is 9.84 Å². The number of anilines is 1. The van der Waals surface area contributed by atoms with Crippen LogP contribution in [0, 0.1) is 6.92 Å². The van der Waals surface area contributed by atoms with Crippen molar-refractivity contribution in [2.75, 3.05) is 24.2 Å². The van der Waals surface area contributed by atoms with E-state index in [1.165, 1.54) is 12.5 Å². The first kappa shape index (κ1) is 13.0. The number of nitrogens with zero attached hydrogens (tertiary/aromatic N) is 4. The number of nitrogens with one attached hydrogen (secondary N) is 1. The molecule has 7 nitrogen and oxygen atoms in total. The fraction of sp³-hybridized carbons (Fsp3) is 0.417. The van der Waals surface area contributed by atoms with E-state index in [1.807, 2.05) is 6.92 Å². The quantitative estimate of drug-likeness (QED) is 0.886. The smallest absolute Gasteiger partial charge is 0.177 e. The molecule has 2 aromatic heterocycles. The number of aryl methyl sites for hydroxylation is 1. The van der Waals surface area contributed by atoms with E-state index in [-0.39, 0.29) is 4.90 Å². The number of pyridine rings is 1. The van der Waals surface area contributed by atoms with Crippen LogP contribution in [0.2, 0.25) is 0 Å². The Bertz CT molecular complexity index is 717. The predicted octanol–water partition coefficient (Wildman–Crippen LogP) is 0.515. The number of hydrogen-bond acceptors (Lipinski definition) is 6. The molecule has 3 rings (SSSR count). The van der Waals surface area contributed by atoms with Crippen molar-refractivity contribution in [3.8, 4) is 0 Å². The molecule has 1 N–H and O–H groups in total. The lowest BCUT2D eigenvalue weighted by molar-refractivity contribution is 0.497. The Morgan fingerprint density at radius 3 is 2.60 bits per heavy atom.